The number of aromatic nitrogens is 2. The Hall–Kier alpha value is -1.35. The van der Waals surface area contributed by atoms with Crippen molar-refractivity contribution in [2.45, 2.75) is 47.2 Å². The van der Waals surface area contributed by atoms with E-state index in [1.165, 1.54) is 11.9 Å². The Kier molecular flexibility index (Phi) is 4.25. The van der Waals surface area contributed by atoms with Crippen molar-refractivity contribution >= 4 is 11.0 Å². The Morgan fingerprint density at radius 1 is 1.21 bits per heavy atom. The van der Waals surface area contributed by atoms with Crippen molar-refractivity contribution in [1.82, 2.24) is 14.9 Å². The van der Waals surface area contributed by atoms with E-state index in [2.05, 4.69) is 55.8 Å². The van der Waals surface area contributed by atoms with Gasteiger partial charge in [-0.2, -0.15) is 0 Å². The molecule has 0 unspecified atom stereocenters. The molecule has 104 valence electrons. The van der Waals surface area contributed by atoms with E-state index >= 15 is 0 Å². The molecule has 0 radical (unpaired) electrons. The summed E-state index contributed by atoms with van der Waals surface area (Å²) in [6, 6.07) is 8.35. The zero-order chi connectivity index (χ0) is 13.9. The quantitative estimate of drug-likeness (QED) is 0.832. The van der Waals surface area contributed by atoms with E-state index < -0.39 is 0 Å². The maximum Gasteiger partial charge on any atom is 0.123 e. The zero-order valence-corrected chi connectivity index (χ0v) is 12.5. The van der Waals surface area contributed by atoms with E-state index in [0.717, 1.165) is 31.0 Å². The number of imidazole rings is 1. The van der Waals surface area contributed by atoms with Gasteiger partial charge in [-0.1, -0.05) is 32.9 Å². The number of hydrogen-bond acceptors (Lipinski definition) is 2. The second-order valence-electron chi connectivity index (χ2n) is 6.25. The average molecular weight is 259 g/mol. The Morgan fingerprint density at radius 2 is 1.95 bits per heavy atom. The molecule has 0 spiro atoms. The van der Waals surface area contributed by atoms with Gasteiger partial charge in [0.2, 0.25) is 0 Å². The summed E-state index contributed by atoms with van der Waals surface area (Å²) in [6.45, 7) is 11.8. The lowest BCUT2D eigenvalue weighted by molar-refractivity contribution is 0.365. The molecule has 2 aromatic rings. The SMILES string of the molecule is CCn1c(CNCCC(C)(C)C)nc2ccccc21. The lowest BCUT2D eigenvalue weighted by Gasteiger charge is -2.18. The Morgan fingerprint density at radius 3 is 2.63 bits per heavy atom. The summed E-state index contributed by atoms with van der Waals surface area (Å²) in [5.41, 5.74) is 2.72. The molecule has 2 rings (SSSR count). The van der Waals surface area contributed by atoms with Crippen LogP contribution in [0.15, 0.2) is 24.3 Å². The van der Waals surface area contributed by atoms with Crippen LogP contribution < -0.4 is 5.32 Å². The van der Waals surface area contributed by atoms with Gasteiger partial charge in [-0.25, -0.2) is 4.98 Å². The second kappa shape index (κ2) is 5.74. The molecule has 0 bridgehead atoms. The first-order valence-corrected chi connectivity index (χ1v) is 7.16. The van der Waals surface area contributed by atoms with Gasteiger partial charge in [-0.05, 0) is 37.4 Å². The van der Waals surface area contributed by atoms with Gasteiger partial charge < -0.3 is 9.88 Å². The van der Waals surface area contributed by atoms with Gasteiger partial charge in [0, 0.05) is 6.54 Å². The molecule has 3 heteroatoms. The first-order valence-electron chi connectivity index (χ1n) is 7.16. The van der Waals surface area contributed by atoms with Crippen molar-refractivity contribution in [1.29, 1.82) is 0 Å². The number of nitrogens with one attached hydrogen (secondary N) is 1. The van der Waals surface area contributed by atoms with Gasteiger partial charge in [0.1, 0.15) is 5.82 Å². The Balaban J connectivity index is 2.04. The third-order valence-electron chi connectivity index (χ3n) is 3.38. The second-order valence-corrected chi connectivity index (χ2v) is 6.25. The van der Waals surface area contributed by atoms with Crippen LogP contribution in [0.5, 0.6) is 0 Å². The maximum absolute atomic E-state index is 4.72. The number of rotatable bonds is 5. The summed E-state index contributed by atoms with van der Waals surface area (Å²) in [7, 11) is 0. The Bertz CT molecular complexity index is 534. The van der Waals surface area contributed by atoms with Crippen molar-refractivity contribution in [2.75, 3.05) is 6.54 Å². The highest BCUT2D eigenvalue weighted by atomic mass is 15.1. The van der Waals surface area contributed by atoms with Gasteiger partial charge in [0.05, 0.1) is 17.6 Å². The summed E-state index contributed by atoms with van der Waals surface area (Å²) in [5.74, 6) is 1.14. The van der Waals surface area contributed by atoms with Crippen LogP contribution in [0.4, 0.5) is 0 Å². The molecule has 1 heterocycles. The normalized spacial score (nSPS) is 12.2. The number of fused-ring (bicyclic) bond motifs is 1. The van der Waals surface area contributed by atoms with Crippen molar-refractivity contribution in [2.24, 2.45) is 5.41 Å². The maximum atomic E-state index is 4.72. The summed E-state index contributed by atoms with van der Waals surface area (Å²) < 4.78 is 2.29. The number of benzene rings is 1. The number of aryl methyl sites for hydroxylation is 1. The molecule has 1 N–H and O–H groups in total. The first-order chi connectivity index (χ1) is 9.01. The third-order valence-corrected chi connectivity index (χ3v) is 3.38. The Labute approximate surface area is 116 Å². The lowest BCUT2D eigenvalue weighted by atomic mass is 9.92. The highest BCUT2D eigenvalue weighted by Crippen LogP contribution is 2.18. The lowest BCUT2D eigenvalue weighted by Crippen LogP contribution is -2.22. The van der Waals surface area contributed by atoms with E-state index in [9.17, 15) is 0 Å². The molecule has 0 saturated carbocycles. The van der Waals surface area contributed by atoms with Gasteiger partial charge in [0.25, 0.3) is 0 Å². The minimum atomic E-state index is 0.387. The molecule has 0 aliphatic rings. The van der Waals surface area contributed by atoms with Crippen molar-refractivity contribution in [3.8, 4) is 0 Å². The molecular formula is C16H25N3. The van der Waals surface area contributed by atoms with Crippen LogP contribution in [0.25, 0.3) is 11.0 Å². The van der Waals surface area contributed by atoms with E-state index in [-0.39, 0.29) is 0 Å². The van der Waals surface area contributed by atoms with Crippen molar-refractivity contribution in [3.05, 3.63) is 30.1 Å². The highest BCUT2D eigenvalue weighted by molar-refractivity contribution is 5.75. The first kappa shape index (κ1) is 14.1. The fraction of sp³-hybridized carbons (Fsp3) is 0.562. The molecule has 0 saturated heterocycles. The fourth-order valence-corrected chi connectivity index (χ4v) is 2.28. The predicted octanol–water partition coefficient (Wildman–Crippen LogP) is 3.58. The molecule has 1 aromatic heterocycles. The third kappa shape index (κ3) is 3.57. The van der Waals surface area contributed by atoms with Crippen LogP contribution in [0, 0.1) is 5.41 Å². The summed E-state index contributed by atoms with van der Waals surface area (Å²) in [4.78, 5) is 4.72. The predicted molar refractivity (Wildman–Crippen MR) is 81.2 cm³/mol. The van der Waals surface area contributed by atoms with Crippen LogP contribution in [0.2, 0.25) is 0 Å². The van der Waals surface area contributed by atoms with Crippen LogP contribution in [0.3, 0.4) is 0 Å². The molecular weight excluding hydrogens is 234 g/mol. The molecule has 1 aromatic carbocycles. The molecule has 19 heavy (non-hydrogen) atoms. The number of para-hydroxylation sites is 2. The minimum Gasteiger partial charge on any atom is -0.327 e. The molecule has 0 atom stereocenters. The van der Waals surface area contributed by atoms with Crippen LogP contribution in [0.1, 0.15) is 39.9 Å². The summed E-state index contributed by atoms with van der Waals surface area (Å²) >= 11 is 0. The van der Waals surface area contributed by atoms with E-state index in [0.29, 0.717) is 5.41 Å². The van der Waals surface area contributed by atoms with E-state index in [4.69, 9.17) is 4.98 Å². The monoisotopic (exact) mass is 259 g/mol. The van der Waals surface area contributed by atoms with Crippen molar-refractivity contribution < 1.29 is 0 Å². The molecule has 0 aliphatic carbocycles. The smallest absolute Gasteiger partial charge is 0.123 e. The number of nitrogens with zero attached hydrogens (tertiary/aromatic N) is 2. The van der Waals surface area contributed by atoms with Crippen LogP contribution in [-0.2, 0) is 13.1 Å². The van der Waals surface area contributed by atoms with Crippen LogP contribution in [-0.4, -0.2) is 16.1 Å². The highest BCUT2D eigenvalue weighted by Gasteiger charge is 2.11. The minimum absolute atomic E-state index is 0.387. The van der Waals surface area contributed by atoms with Gasteiger partial charge in [-0.3, -0.25) is 0 Å². The average Bonchev–Trinajstić information content (AvgIpc) is 2.71. The summed E-state index contributed by atoms with van der Waals surface area (Å²) in [5, 5.41) is 3.51. The van der Waals surface area contributed by atoms with Gasteiger partial charge >= 0.3 is 0 Å². The van der Waals surface area contributed by atoms with Crippen molar-refractivity contribution in [3.63, 3.8) is 0 Å². The van der Waals surface area contributed by atoms with E-state index in [1.807, 2.05) is 6.07 Å². The van der Waals surface area contributed by atoms with Gasteiger partial charge in [0.15, 0.2) is 0 Å². The largest absolute Gasteiger partial charge is 0.327 e. The standard InChI is InChI=1S/C16H25N3/c1-5-19-14-9-7-6-8-13(14)18-15(19)12-17-11-10-16(2,3)4/h6-9,17H,5,10-12H2,1-4H3. The van der Waals surface area contributed by atoms with Crippen LogP contribution >= 0.6 is 0 Å². The molecule has 0 amide bonds. The topological polar surface area (TPSA) is 29.9 Å². The van der Waals surface area contributed by atoms with Gasteiger partial charge in [-0.15, -0.1) is 0 Å². The number of hydrogen-bond donors (Lipinski definition) is 1. The zero-order valence-electron chi connectivity index (χ0n) is 12.5. The summed E-state index contributed by atoms with van der Waals surface area (Å²) in [6.07, 6.45) is 1.18. The molecule has 0 fully saturated rings. The molecule has 0 aliphatic heterocycles. The van der Waals surface area contributed by atoms with E-state index in [1.54, 1.807) is 0 Å². The fourth-order valence-electron chi connectivity index (χ4n) is 2.28. The molecule has 3 nitrogen and oxygen atoms in total.